The number of aryl methyl sites for hydroxylation is 2. The highest BCUT2D eigenvalue weighted by Crippen LogP contribution is 2.30. The molecular formula is C27H37N3O6. The van der Waals surface area contributed by atoms with E-state index in [1.807, 2.05) is 19.1 Å². The summed E-state index contributed by atoms with van der Waals surface area (Å²) in [5, 5.41) is 25.3. The number of carbonyl (C=O) groups is 3. The maximum absolute atomic E-state index is 13.7. The third-order valence-electron chi connectivity index (χ3n) is 5.45. The lowest BCUT2D eigenvalue weighted by atomic mass is 9.98. The molecule has 9 heteroatoms. The fraction of sp³-hybridized carbons (Fsp3) is 0.444. The summed E-state index contributed by atoms with van der Waals surface area (Å²) in [6.07, 6.45) is -0.861. The van der Waals surface area contributed by atoms with Crippen molar-refractivity contribution in [2.24, 2.45) is 0 Å². The monoisotopic (exact) mass is 499 g/mol. The van der Waals surface area contributed by atoms with Crippen molar-refractivity contribution in [3.8, 4) is 5.75 Å². The van der Waals surface area contributed by atoms with Gasteiger partial charge < -0.3 is 30.5 Å². The third kappa shape index (κ3) is 7.45. The van der Waals surface area contributed by atoms with Gasteiger partial charge in [-0.2, -0.15) is 0 Å². The van der Waals surface area contributed by atoms with Crippen LogP contribution in [0.4, 0.5) is 10.5 Å². The van der Waals surface area contributed by atoms with Gasteiger partial charge in [0.25, 0.3) is 5.91 Å². The Bertz CT molecular complexity index is 1090. The summed E-state index contributed by atoms with van der Waals surface area (Å²) in [6, 6.07) is 8.97. The van der Waals surface area contributed by atoms with E-state index in [2.05, 4.69) is 10.6 Å². The second-order valence-corrected chi connectivity index (χ2v) is 9.97. The molecule has 36 heavy (non-hydrogen) atoms. The van der Waals surface area contributed by atoms with Gasteiger partial charge in [-0.1, -0.05) is 24.3 Å². The molecule has 2 rings (SSSR count). The average Bonchev–Trinajstić information content (AvgIpc) is 2.77. The molecule has 0 bridgehead atoms. The van der Waals surface area contributed by atoms with Crippen molar-refractivity contribution < 1.29 is 29.3 Å². The normalized spacial score (nSPS) is 13.0. The number of phenols is 1. The molecule has 0 saturated heterocycles. The number of para-hydroxylation sites is 1. The van der Waals surface area contributed by atoms with E-state index < -0.39 is 48.2 Å². The molecular weight excluding hydrogens is 462 g/mol. The average molecular weight is 500 g/mol. The van der Waals surface area contributed by atoms with Gasteiger partial charge in [0.1, 0.15) is 23.4 Å². The van der Waals surface area contributed by atoms with Crippen molar-refractivity contribution in [2.75, 3.05) is 11.9 Å². The van der Waals surface area contributed by atoms with E-state index in [1.165, 1.54) is 11.0 Å². The molecule has 196 valence electrons. The summed E-state index contributed by atoms with van der Waals surface area (Å²) >= 11 is 0. The number of aliphatic hydroxyl groups excluding tert-OH is 1. The Kier molecular flexibility index (Phi) is 9.47. The smallest absolute Gasteiger partial charge is 0.408 e. The van der Waals surface area contributed by atoms with E-state index in [4.69, 9.17) is 4.74 Å². The molecule has 9 nitrogen and oxygen atoms in total. The minimum Gasteiger partial charge on any atom is -0.508 e. The summed E-state index contributed by atoms with van der Waals surface area (Å²) < 4.78 is 5.24. The van der Waals surface area contributed by atoms with Crippen molar-refractivity contribution in [3.63, 3.8) is 0 Å². The number of aliphatic hydroxyl groups is 1. The van der Waals surface area contributed by atoms with Gasteiger partial charge in [-0.15, -0.1) is 0 Å². The van der Waals surface area contributed by atoms with E-state index in [1.54, 1.807) is 65.8 Å². The number of alkyl carbamates (subject to hydrolysis) is 1. The lowest BCUT2D eigenvalue weighted by molar-refractivity contribution is -0.143. The van der Waals surface area contributed by atoms with Crippen molar-refractivity contribution in [1.29, 1.82) is 0 Å². The molecule has 0 aliphatic carbocycles. The van der Waals surface area contributed by atoms with Crippen LogP contribution in [-0.2, 0) is 14.3 Å². The predicted octanol–water partition coefficient (Wildman–Crippen LogP) is 3.81. The number of carbonyl (C=O) groups excluding carboxylic acids is 3. The molecule has 4 N–H and O–H groups in total. The Labute approximate surface area is 212 Å². The standard InChI is InChI=1S/C27H37N3O6/c1-16(2)30(25(34)21(15-31)29-26(35)36-27(5,6)7)23(19-12-13-22(32)18(4)14-19)24(33)28-20-11-9-8-10-17(20)3/h8-14,16,21,23,31-32H,15H2,1-7H3,(H,28,33)(H,29,35). The Morgan fingerprint density at radius 3 is 2.19 bits per heavy atom. The zero-order valence-corrected chi connectivity index (χ0v) is 22.0. The molecule has 0 saturated carbocycles. The van der Waals surface area contributed by atoms with E-state index in [-0.39, 0.29) is 5.75 Å². The van der Waals surface area contributed by atoms with Crippen LogP contribution in [0.15, 0.2) is 42.5 Å². The summed E-state index contributed by atoms with van der Waals surface area (Å²) in [4.78, 5) is 41.0. The predicted molar refractivity (Wildman–Crippen MR) is 138 cm³/mol. The number of phenolic OH excluding ortho intramolecular Hbond substituents is 1. The van der Waals surface area contributed by atoms with Gasteiger partial charge in [0.05, 0.1) is 6.61 Å². The molecule has 0 aliphatic rings. The molecule has 0 aliphatic heterocycles. The number of nitrogens with zero attached hydrogens (tertiary/aromatic N) is 1. The van der Waals surface area contributed by atoms with Crippen LogP contribution in [0.2, 0.25) is 0 Å². The number of aromatic hydroxyl groups is 1. The number of anilines is 1. The Hall–Kier alpha value is -3.59. The van der Waals surface area contributed by atoms with E-state index in [0.717, 1.165) is 5.56 Å². The highest BCUT2D eigenvalue weighted by atomic mass is 16.6. The van der Waals surface area contributed by atoms with Crippen LogP contribution in [0.3, 0.4) is 0 Å². The Balaban J connectivity index is 2.50. The molecule has 0 heterocycles. The maximum Gasteiger partial charge on any atom is 0.408 e. The van der Waals surface area contributed by atoms with Crippen LogP contribution >= 0.6 is 0 Å². The van der Waals surface area contributed by atoms with Gasteiger partial charge in [0.15, 0.2) is 0 Å². The molecule has 0 aromatic heterocycles. The van der Waals surface area contributed by atoms with Crippen LogP contribution in [0.5, 0.6) is 5.75 Å². The number of hydrogen-bond donors (Lipinski definition) is 4. The van der Waals surface area contributed by atoms with Crippen LogP contribution in [0.25, 0.3) is 0 Å². The number of amides is 3. The number of nitrogens with one attached hydrogen (secondary N) is 2. The first kappa shape index (κ1) is 28.6. The van der Waals surface area contributed by atoms with Crippen molar-refractivity contribution in [1.82, 2.24) is 10.2 Å². The van der Waals surface area contributed by atoms with Crippen LogP contribution in [-0.4, -0.2) is 57.3 Å². The number of rotatable bonds is 8. The minimum atomic E-state index is -1.34. The quantitative estimate of drug-likeness (QED) is 0.437. The van der Waals surface area contributed by atoms with Crippen LogP contribution < -0.4 is 10.6 Å². The molecule has 0 fully saturated rings. The largest absolute Gasteiger partial charge is 0.508 e. The maximum atomic E-state index is 13.7. The SMILES string of the molecule is Cc1cc(C(C(=O)Nc2ccccc2C)N(C(=O)C(CO)NC(=O)OC(C)(C)C)C(C)C)ccc1O. The fourth-order valence-electron chi connectivity index (χ4n) is 3.70. The highest BCUT2D eigenvalue weighted by molar-refractivity contribution is 5.99. The van der Waals surface area contributed by atoms with Crippen LogP contribution in [0, 0.1) is 13.8 Å². The second-order valence-electron chi connectivity index (χ2n) is 9.97. The minimum absolute atomic E-state index is 0.0547. The zero-order chi connectivity index (χ0) is 27.2. The first-order valence-corrected chi connectivity index (χ1v) is 11.8. The number of hydrogen-bond acceptors (Lipinski definition) is 6. The first-order valence-electron chi connectivity index (χ1n) is 11.8. The molecule has 0 spiro atoms. The molecule has 2 unspecified atom stereocenters. The molecule has 2 aromatic carbocycles. The van der Waals surface area contributed by atoms with Crippen molar-refractivity contribution >= 4 is 23.6 Å². The van der Waals surface area contributed by atoms with Gasteiger partial charge in [0.2, 0.25) is 5.91 Å². The van der Waals surface area contributed by atoms with Crippen molar-refractivity contribution in [2.45, 2.75) is 72.2 Å². The topological polar surface area (TPSA) is 128 Å². The van der Waals surface area contributed by atoms with Gasteiger partial charge in [0, 0.05) is 11.7 Å². The molecule has 2 aromatic rings. The summed E-state index contributed by atoms with van der Waals surface area (Å²) in [5.74, 6) is -1.08. The van der Waals surface area contributed by atoms with Gasteiger partial charge in [-0.25, -0.2) is 4.79 Å². The van der Waals surface area contributed by atoms with E-state index in [9.17, 15) is 24.6 Å². The summed E-state index contributed by atoms with van der Waals surface area (Å²) in [5.41, 5.74) is 1.62. The summed E-state index contributed by atoms with van der Waals surface area (Å²) in [7, 11) is 0. The second kappa shape index (κ2) is 11.9. The molecule has 3 amide bonds. The Morgan fingerprint density at radius 2 is 1.67 bits per heavy atom. The third-order valence-corrected chi connectivity index (χ3v) is 5.45. The van der Waals surface area contributed by atoms with E-state index >= 15 is 0 Å². The highest BCUT2D eigenvalue weighted by Gasteiger charge is 2.38. The lowest BCUT2D eigenvalue weighted by Gasteiger charge is -2.37. The molecule has 0 radical (unpaired) electrons. The number of benzene rings is 2. The fourth-order valence-corrected chi connectivity index (χ4v) is 3.70. The first-order chi connectivity index (χ1) is 16.7. The lowest BCUT2D eigenvalue weighted by Crippen LogP contribution is -2.55. The van der Waals surface area contributed by atoms with Gasteiger partial charge in [-0.3, -0.25) is 9.59 Å². The number of ether oxygens (including phenoxy) is 1. The Morgan fingerprint density at radius 1 is 1.03 bits per heavy atom. The van der Waals surface area contributed by atoms with Crippen LogP contribution in [0.1, 0.15) is 57.4 Å². The van der Waals surface area contributed by atoms with E-state index in [0.29, 0.717) is 16.8 Å². The summed E-state index contributed by atoms with van der Waals surface area (Å²) in [6.45, 7) is 11.4. The van der Waals surface area contributed by atoms with Gasteiger partial charge >= 0.3 is 6.09 Å². The molecule has 2 atom stereocenters. The van der Waals surface area contributed by atoms with Crippen molar-refractivity contribution in [3.05, 3.63) is 59.2 Å². The van der Waals surface area contributed by atoms with Gasteiger partial charge in [-0.05, 0) is 83.4 Å². The zero-order valence-electron chi connectivity index (χ0n) is 22.0.